The molecule has 0 saturated heterocycles. The number of carbonyl (C=O) groups is 6. The first-order chi connectivity index (χ1) is 16.2. The van der Waals surface area contributed by atoms with Crippen molar-refractivity contribution in [2.45, 2.75) is 32.7 Å². The monoisotopic (exact) mass is 481 g/mol. The predicted molar refractivity (Wildman–Crippen MR) is 115 cm³/mol. The summed E-state index contributed by atoms with van der Waals surface area (Å²) in [6.45, 7) is 2.18. The minimum absolute atomic E-state index is 0.0583. The van der Waals surface area contributed by atoms with E-state index >= 15 is 0 Å². The Morgan fingerprint density at radius 1 is 0.824 bits per heavy atom. The van der Waals surface area contributed by atoms with E-state index in [9.17, 15) is 28.8 Å². The highest BCUT2D eigenvalue weighted by Gasteiger charge is 2.17. The molecule has 187 valence electrons. The van der Waals surface area contributed by atoms with Gasteiger partial charge in [0.25, 0.3) is 0 Å². The lowest BCUT2D eigenvalue weighted by Gasteiger charge is -2.14. The van der Waals surface area contributed by atoms with Gasteiger partial charge in [-0.05, 0) is 13.3 Å². The zero-order valence-electron chi connectivity index (χ0n) is 18.9. The van der Waals surface area contributed by atoms with Gasteiger partial charge in [-0.15, -0.1) is 10.2 Å². The van der Waals surface area contributed by atoms with E-state index in [-0.39, 0.29) is 38.4 Å². The van der Waals surface area contributed by atoms with Gasteiger partial charge in [0.1, 0.15) is 6.04 Å². The molecule has 0 aliphatic heterocycles. The fourth-order valence-corrected chi connectivity index (χ4v) is 2.22. The van der Waals surface area contributed by atoms with Crippen LogP contribution < -0.4 is 31.9 Å². The maximum atomic E-state index is 12.0. The van der Waals surface area contributed by atoms with Crippen LogP contribution in [0, 0.1) is 6.42 Å². The van der Waals surface area contributed by atoms with E-state index in [2.05, 4.69) is 52.5 Å². The van der Waals surface area contributed by atoms with E-state index in [1.54, 1.807) is 13.3 Å². The molecule has 0 aliphatic rings. The minimum Gasteiger partial charge on any atom is -0.354 e. The number of H-pyrrole nitrogens is 1. The molecule has 16 nitrogen and oxygen atoms in total. The van der Waals surface area contributed by atoms with Crippen LogP contribution in [0.25, 0.3) is 0 Å². The number of aromatic amines is 1. The summed E-state index contributed by atoms with van der Waals surface area (Å²) in [5.74, 6) is -2.86. The van der Waals surface area contributed by atoms with Crippen LogP contribution in [0.15, 0.2) is 0 Å². The van der Waals surface area contributed by atoms with Crippen LogP contribution in [-0.2, 0) is 35.2 Å². The number of hydrogen-bond donors (Lipinski definition) is 7. The van der Waals surface area contributed by atoms with Gasteiger partial charge in [0.05, 0.1) is 26.2 Å². The van der Waals surface area contributed by atoms with Crippen molar-refractivity contribution in [3.8, 4) is 0 Å². The second-order valence-electron chi connectivity index (χ2n) is 6.88. The molecule has 6 amide bonds. The molecule has 1 unspecified atom stereocenters. The number of hydrogen-bond acceptors (Lipinski definition) is 9. The molecule has 34 heavy (non-hydrogen) atoms. The summed E-state index contributed by atoms with van der Waals surface area (Å²) in [7, 11) is 0. The van der Waals surface area contributed by atoms with E-state index in [0.717, 1.165) is 0 Å². The highest BCUT2D eigenvalue weighted by atomic mass is 16.2. The van der Waals surface area contributed by atoms with Crippen molar-refractivity contribution in [1.82, 2.24) is 52.5 Å². The summed E-state index contributed by atoms with van der Waals surface area (Å²) in [5.41, 5.74) is 0. The zero-order chi connectivity index (χ0) is 25.3. The van der Waals surface area contributed by atoms with E-state index < -0.39 is 42.1 Å². The minimum atomic E-state index is -0.981. The van der Waals surface area contributed by atoms with Gasteiger partial charge in [-0.2, -0.15) is 5.21 Å². The van der Waals surface area contributed by atoms with E-state index in [1.165, 1.54) is 6.92 Å². The average molecular weight is 481 g/mol. The van der Waals surface area contributed by atoms with Crippen LogP contribution in [0.5, 0.6) is 0 Å². The van der Waals surface area contributed by atoms with Gasteiger partial charge in [-0.1, -0.05) is 12.1 Å². The molecule has 1 radical (unpaired) electrons. The molecule has 0 bridgehead atoms. The first kappa shape index (κ1) is 27.9. The second-order valence-corrected chi connectivity index (χ2v) is 6.88. The summed E-state index contributed by atoms with van der Waals surface area (Å²) < 4.78 is 0. The smallest absolute Gasteiger partial charge is 0.242 e. The lowest BCUT2D eigenvalue weighted by atomic mass is 10.3. The molecule has 0 spiro atoms. The molecule has 0 aliphatic carbocycles. The third-order valence-electron chi connectivity index (χ3n) is 4.00. The maximum absolute atomic E-state index is 12.0. The molecule has 16 heteroatoms. The second kappa shape index (κ2) is 15.7. The largest absolute Gasteiger partial charge is 0.354 e. The fourth-order valence-electron chi connectivity index (χ4n) is 2.22. The van der Waals surface area contributed by atoms with Crippen molar-refractivity contribution in [2.24, 2.45) is 0 Å². The van der Waals surface area contributed by atoms with E-state index in [0.29, 0.717) is 12.4 Å². The zero-order valence-corrected chi connectivity index (χ0v) is 18.9. The van der Waals surface area contributed by atoms with Crippen molar-refractivity contribution in [2.75, 3.05) is 32.7 Å². The van der Waals surface area contributed by atoms with Gasteiger partial charge in [-0.25, -0.2) is 0 Å². The molecule has 1 aromatic heterocycles. The maximum Gasteiger partial charge on any atom is 0.242 e. The Kier molecular flexibility index (Phi) is 12.9. The summed E-state index contributed by atoms with van der Waals surface area (Å²) in [6, 6.07) is -0.981. The predicted octanol–water partition coefficient (Wildman–Crippen LogP) is -4.56. The van der Waals surface area contributed by atoms with Crippen LogP contribution in [0.2, 0.25) is 0 Å². The van der Waals surface area contributed by atoms with Gasteiger partial charge in [0, 0.05) is 19.4 Å². The van der Waals surface area contributed by atoms with Crippen LogP contribution in [-0.4, -0.2) is 94.8 Å². The average Bonchev–Trinajstić information content (AvgIpc) is 3.34. The number of amides is 6. The Bertz CT molecular complexity index is 844. The summed E-state index contributed by atoms with van der Waals surface area (Å²) in [5, 5.41) is 27.2. The third kappa shape index (κ3) is 12.7. The Morgan fingerprint density at radius 3 is 1.97 bits per heavy atom. The number of tetrazole rings is 1. The highest BCUT2D eigenvalue weighted by molar-refractivity contribution is 5.93. The molecule has 1 atom stereocenters. The van der Waals surface area contributed by atoms with Crippen LogP contribution in [0.1, 0.15) is 26.1 Å². The van der Waals surface area contributed by atoms with Crippen molar-refractivity contribution in [1.29, 1.82) is 0 Å². The van der Waals surface area contributed by atoms with Crippen LogP contribution in [0.4, 0.5) is 0 Å². The van der Waals surface area contributed by atoms with Crippen molar-refractivity contribution in [3.05, 3.63) is 12.2 Å². The van der Waals surface area contributed by atoms with Crippen LogP contribution >= 0.6 is 0 Å². The Balaban J connectivity index is 2.16. The van der Waals surface area contributed by atoms with Gasteiger partial charge < -0.3 is 31.9 Å². The van der Waals surface area contributed by atoms with Crippen LogP contribution in [0.3, 0.4) is 0 Å². The Labute approximate surface area is 195 Å². The SMILES string of the molecule is C[CH]CNC(=O)CNC(=O)CNC(=O)C(C)NC(=O)CNC(=O)CNC(=O)CCc1nn[nH]n1. The lowest BCUT2D eigenvalue weighted by Crippen LogP contribution is -2.50. The molecule has 0 fully saturated rings. The first-order valence-electron chi connectivity index (χ1n) is 10.3. The lowest BCUT2D eigenvalue weighted by molar-refractivity contribution is -0.131. The Morgan fingerprint density at radius 2 is 1.38 bits per heavy atom. The highest BCUT2D eigenvalue weighted by Crippen LogP contribution is 1.91. The quantitative estimate of drug-likeness (QED) is 0.128. The van der Waals surface area contributed by atoms with Gasteiger partial charge >= 0.3 is 0 Å². The Hall–Kier alpha value is -4.11. The fraction of sp³-hybridized carbons (Fsp3) is 0.556. The van der Waals surface area contributed by atoms with Gasteiger partial charge in [0.15, 0.2) is 5.82 Å². The number of nitrogens with zero attached hydrogens (tertiary/aromatic N) is 3. The number of rotatable bonds is 15. The summed E-state index contributed by atoms with van der Waals surface area (Å²) in [4.78, 5) is 70.4. The van der Waals surface area contributed by atoms with E-state index in [1.807, 2.05) is 0 Å². The molecular formula is C18H29N10O6. The van der Waals surface area contributed by atoms with Crippen molar-refractivity contribution in [3.63, 3.8) is 0 Å². The normalized spacial score (nSPS) is 11.0. The third-order valence-corrected chi connectivity index (χ3v) is 4.00. The number of nitrogens with one attached hydrogen (secondary N) is 7. The standard InChI is InChI=1S/C18H29N10O6/c1-3-6-19-14(30)7-21-16(32)9-23-18(34)11(2)24-17(33)10-22-15(31)8-20-13(29)5-4-12-25-27-28-26-12/h3,11H,4-10H2,1-2H3,(H,19,30)(H,20,29)(H,21,32)(H,22,31)(H,23,34)(H,24,33)(H,25,26,27,28). The van der Waals surface area contributed by atoms with Gasteiger partial charge in [0.2, 0.25) is 35.4 Å². The summed E-state index contributed by atoms with van der Waals surface area (Å²) in [6.07, 6.45) is 2.05. The van der Waals surface area contributed by atoms with Crippen molar-refractivity contribution >= 4 is 35.4 Å². The molecule has 0 aromatic carbocycles. The number of carbonyl (C=O) groups excluding carboxylic acids is 6. The molecule has 7 N–H and O–H groups in total. The molecule has 1 aromatic rings. The summed E-state index contributed by atoms with van der Waals surface area (Å²) >= 11 is 0. The first-order valence-corrected chi connectivity index (χ1v) is 10.3. The molecule has 0 saturated carbocycles. The number of aromatic nitrogens is 4. The molecule has 1 heterocycles. The van der Waals surface area contributed by atoms with Gasteiger partial charge in [-0.3, -0.25) is 28.8 Å². The topological polar surface area (TPSA) is 229 Å². The molecular weight excluding hydrogens is 452 g/mol. The molecule has 1 rings (SSSR count). The van der Waals surface area contributed by atoms with E-state index in [4.69, 9.17) is 0 Å². The number of aryl methyl sites for hydroxylation is 1. The van der Waals surface area contributed by atoms with Crippen molar-refractivity contribution < 1.29 is 28.8 Å².